The molecule has 2 rings (SSSR count). The van der Waals surface area contributed by atoms with Crippen molar-refractivity contribution in [2.45, 2.75) is 25.5 Å². The van der Waals surface area contributed by atoms with Crippen molar-refractivity contribution in [1.29, 1.82) is 0 Å². The number of benzene rings is 1. The number of hydrogen-bond acceptors (Lipinski definition) is 2. The molecule has 3 heteroatoms. The van der Waals surface area contributed by atoms with E-state index >= 15 is 0 Å². The fraction of sp³-hybridized carbons (Fsp3) is 0.400. The van der Waals surface area contributed by atoms with Crippen molar-refractivity contribution in [1.82, 2.24) is 0 Å². The lowest BCUT2D eigenvalue weighted by molar-refractivity contribution is 0.300. The van der Waals surface area contributed by atoms with Crippen LogP contribution in [0.25, 0.3) is 0 Å². The maximum Gasteiger partial charge on any atom is 0.125 e. The summed E-state index contributed by atoms with van der Waals surface area (Å²) >= 11 is 3.42. The van der Waals surface area contributed by atoms with Gasteiger partial charge in [-0.05, 0) is 25.0 Å². The van der Waals surface area contributed by atoms with Gasteiger partial charge in [-0.2, -0.15) is 0 Å². The third-order valence-electron chi connectivity index (χ3n) is 2.07. The number of ether oxygens (including phenoxy) is 1. The highest BCUT2D eigenvalue weighted by Gasteiger charge is 2.24. The van der Waals surface area contributed by atoms with Crippen LogP contribution in [0.2, 0.25) is 0 Å². The van der Waals surface area contributed by atoms with Gasteiger partial charge in [0.15, 0.2) is 0 Å². The monoisotopic (exact) mass is 241 g/mol. The Balaban J connectivity index is 2.22. The average molecular weight is 242 g/mol. The molecule has 1 saturated carbocycles. The topological polar surface area (TPSA) is 35.2 Å². The first-order valence-electron chi connectivity index (χ1n) is 4.45. The van der Waals surface area contributed by atoms with Crippen molar-refractivity contribution in [3.63, 3.8) is 0 Å². The molecule has 0 amide bonds. The van der Waals surface area contributed by atoms with Gasteiger partial charge in [-0.1, -0.05) is 22.0 Å². The van der Waals surface area contributed by atoms with E-state index in [1.165, 1.54) is 12.8 Å². The summed E-state index contributed by atoms with van der Waals surface area (Å²) in [5.41, 5.74) is 6.68. The van der Waals surface area contributed by atoms with Crippen LogP contribution in [-0.4, -0.2) is 6.10 Å². The summed E-state index contributed by atoms with van der Waals surface area (Å²) in [5.74, 6) is 0.930. The van der Waals surface area contributed by atoms with Crippen LogP contribution in [0.5, 0.6) is 5.75 Å². The summed E-state index contributed by atoms with van der Waals surface area (Å²) in [6.07, 6.45) is 2.78. The van der Waals surface area contributed by atoms with Gasteiger partial charge < -0.3 is 10.5 Å². The first-order chi connectivity index (χ1) is 6.29. The van der Waals surface area contributed by atoms with E-state index in [2.05, 4.69) is 15.9 Å². The van der Waals surface area contributed by atoms with Gasteiger partial charge in [-0.3, -0.25) is 0 Å². The second-order valence-corrected chi connectivity index (χ2v) is 4.19. The molecule has 1 aliphatic carbocycles. The predicted molar refractivity (Wildman–Crippen MR) is 55.7 cm³/mol. The molecule has 2 nitrogen and oxygen atoms in total. The molecular weight excluding hydrogens is 230 g/mol. The van der Waals surface area contributed by atoms with E-state index in [4.69, 9.17) is 10.5 Å². The van der Waals surface area contributed by atoms with Crippen LogP contribution in [0, 0.1) is 0 Å². The summed E-state index contributed by atoms with van der Waals surface area (Å²) in [6, 6.07) is 5.98. The number of rotatable bonds is 3. The lowest BCUT2D eigenvalue weighted by Crippen LogP contribution is -2.03. The van der Waals surface area contributed by atoms with Crippen molar-refractivity contribution >= 4 is 15.9 Å². The highest BCUT2D eigenvalue weighted by atomic mass is 79.9. The van der Waals surface area contributed by atoms with Gasteiger partial charge >= 0.3 is 0 Å². The largest absolute Gasteiger partial charge is 0.490 e. The highest BCUT2D eigenvalue weighted by molar-refractivity contribution is 9.10. The van der Waals surface area contributed by atoms with Crippen molar-refractivity contribution in [3.05, 3.63) is 28.2 Å². The first kappa shape index (κ1) is 9.03. The second-order valence-electron chi connectivity index (χ2n) is 3.27. The molecule has 1 aromatic rings. The van der Waals surface area contributed by atoms with E-state index in [1.54, 1.807) is 0 Å². The summed E-state index contributed by atoms with van der Waals surface area (Å²) < 4.78 is 6.76. The van der Waals surface area contributed by atoms with Gasteiger partial charge in [0.2, 0.25) is 0 Å². The molecule has 0 unspecified atom stereocenters. The molecular formula is C10H12BrNO. The Morgan fingerprint density at radius 1 is 1.46 bits per heavy atom. The van der Waals surface area contributed by atoms with Crippen LogP contribution in [0.3, 0.4) is 0 Å². The van der Waals surface area contributed by atoms with Gasteiger partial charge in [0.1, 0.15) is 5.75 Å². The van der Waals surface area contributed by atoms with Crippen LogP contribution in [-0.2, 0) is 6.54 Å². The SMILES string of the molecule is NCc1ccc(Br)cc1OC1CC1. The lowest BCUT2D eigenvalue weighted by atomic mass is 10.2. The maximum absolute atomic E-state index is 5.72. The van der Waals surface area contributed by atoms with E-state index in [-0.39, 0.29) is 0 Å². The Labute approximate surface area is 86.2 Å². The third kappa shape index (κ3) is 2.23. The Morgan fingerprint density at radius 3 is 2.85 bits per heavy atom. The van der Waals surface area contributed by atoms with Crippen LogP contribution >= 0.6 is 15.9 Å². The molecule has 0 saturated heterocycles. The molecule has 70 valence electrons. The highest BCUT2D eigenvalue weighted by Crippen LogP contribution is 2.30. The second kappa shape index (κ2) is 3.68. The number of nitrogens with two attached hydrogens (primary N) is 1. The Kier molecular flexibility index (Phi) is 2.56. The Morgan fingerprint density at radius 2 is 2.23 bits per heavy atom. The summed E-state index contributed by atoms with van der Waals surface area (Å²) in [6.45, 7) is 0.537. The Bertz CT molecular complexity index is 310. The smallest absolute Gasteiger partial charge is 0.125 e. The molecule has 0 radical (unpaired) electrons. The number of halogens is 1. The van der Waals surface area contributed by atoms with E-state index < -0.39 is 0 Å². The van der Waals surface area contributed by atoms with Crippen molar-refractivity contribution in [2.75, 3.05) is 0 Å². The zero-order valence-electron chi connectivity index (χ0n) is 7.29. The molecule has 0 aliphatic heterocycles. The lowest BCUT2D eigenvalue weighted by Gasteiger charge is -2.09. The van der Waals surface area contributed by atoms with E-state index in [0.717, 1.165) is 15.8 Å². The predicted octanol–water partition coefficient (Wildman–Crippen LogP) is 2.45. The maximum atomic E-state index is 5.72. The minimum atomic E-state index is 0.430. The van der Waals surface area contributed by atoms with E-state index in [9.17, 15) is 0 Å². The standard InChI is InChI=1S/C10H12BrNO/c11-8-2-1-7(6-12)10(5-8)13-9-3-4-9/h1-2,5,9H,3-4,6,12H2. The van der Waals surface area contributed by atoms with Crippen molar-refractivity contribution in [3.8, 4) is 5.75 Å². The molecule has 0 spiro atoms. The fourth-order valence-electron chi connectivity index (χ4n) is 1.17. The summed E-state index contributed by atoms with van der Waals surface area (Å²) in [7, 11) is 0. The number of hydrogen-bond donors (Lipinski definition) is 1. The molecule has 13 heavy (non-hydrogen) atoms. The first-order valence-corrected chi connectivity index (χ1v) is 5.24. The molecule has 1 aliphatic rings. The Hall–Kier alpha value is -0.540. The summed E-state index contributed by atoms with van der Waals surface area (Å²) in [4.78, 5) is 0. The van der Waals surface area contributed by atoms with Gasteiger partial charge in [0.25, 0.3) is 0 Å². The van der Waals surface area contributed by atoms with Gasteiger partial charge in [-0.25, -0.2) is 0 Å². The molecule has 0 aromatic heterocycles. The van der Waals surface area contributed by atoms with Crippen molar-refractivity contribution < 1.29 is 4.74 Å². The van der Waals surface area contributed by atoms with Gasteiger partial charge in [-0.15, -0.1) is 0 Å². The third-order valence-corrected chi connectivity index (χ3v) is 2.56. The zero-order chi connectivity index (χ0) is 9.26. The minimum absolute atomic E-state index is 0.430. The van der Waals surface area contributed by atoms with E-state index in [1.807, 2.05) is 18.2 Å². The van der Waals surface area contributed by atoms with Gasteiger partial charge in [0, 0.05) is 16.6 Å². The molecule has 0 atom stereocenters. The molecule has 0 bridgehead atoms. The normalized spacial score (nSPS) is 15.8. The minimum Gasteiger partial charge on any atom is -0.490 e. The van der Waals surface area contributed by atoms with Crippen LogP contribution < -0.4 is 10.5 Å². The van der Waals surface area contributed by atoms with Crippen LogP contribution in [0.15, 0.2) is 22.7 Å². The molecule has 1 aromatic carbocycles. The average Bonchev–Trinajstić information content (AvgIpc) is 2.89. The quantitative estimate of drug-likeness (QED) is 0.883. The fourth-order valence-corrected chi connectivity index (χ4v) is 1.51. The van der Waals surface area contributed by atoms with E-state index in [0.29, 0.717) is 12.6 Å². The van der Waals surface area contributed by atoms with Crippen LogP contribution in [0.4, 0.5) is 0 Å². The van der Waals surface area contributed by atoms with Crippen LogP contribution in [0.1, 0.15) is 18.4 Å². The molecule has 2 N–H and O–H groups in total. The molecule has 0 heterocycles. The molecule has 1 fully saturated rings. The summed E-state index contributed by atoms with van der Waals surface area (Å²) in [5, 5.41) is 0. The zero-order valence-corrected chi connectivity index (χ0v) is 8.88. The van der Waals surface area contributed by atoms with Gasteiger partial charge in [0.05, 0.1) is 6.10 Å². The van der Waals surface area contributed by atoms with Crippen molar-refractivity contribution in [2.24, 2.45) is 5.73 Å².